The van der Waals surface area contributed by atoms with Crippen molar-refractivity contribution < 1.29 is 173 Å². The molecule has 7 aliphatic heterocycles. The summed E-state index contributed by atoms with van der Waals surface area (Å²) in [4.78, 5) is 15.8. The number of aliphatic hydroxyl groups excluding tert-OH is 19. The third-order valence-electron chi connectivity index (χ3n) is 26.7. The second-order valence-corrected chi connectivity index (χ2v) is 33.5. The van der Waals surface area contributed by atoms with Crippen molar-refractivity contribution >= 4 is 5.97 Å². The molecule has 4 saturated carbocycles. The van der Waals surface area contributed by atoms with E-state index in [1.165, 1.54) is 13.8 Å². The molecule has 0 aromatic heterocycles. The molecule has 41 unspecified atom stereocenters. The Balaban J connectivity index is 0.770. The zero-order valence-corrected chi connectivity index (χ0v) is 59.7. The second-order valence-electron chi connectivity index (χ2n) is 33.5. The number of hydrogen-bond acceptors (Lipinski definition) is 35. The lowest BCUT2D eigenvalue weighted by atomic mass is 9.33. The minimum Gasteiger partial charge on any atom is -0.432 e. The second kappa shape index (κ2) is 30.4. The van der Waals surface area contributed by atoms with Crippen molar-refractivity contribution in [3.8, 4) is 0 Å². The van der Waals surface area contributed by atoms with Crippen LogP contribution in [0.1, 0.15) is 113 Å². The number of rotatable bonds is 18. The first-order chi connectivity index (χ1) is 48.8. The van der Waals surface area contributed by atoms with Crippen LogP contribution in [0.4, 0.5) is 0 Å². The fraction of sp³-hybridized carbons (Fsp3) is 0.957. The Kier molecular flexibility index (Phi) is 23.8. The highest BCUT2D eigenvalue weighted by Gasteiger charge is 2.72. The number of fused-ring (bicyclic) bond motifs is 7. The molecule has 20 N–H and O–H groups in total. The molecular weight excluding hydrogens is 1390 g/mol. The average molecular weight is 1500 g/mol. The van der Waals surface area contributed by atoms with Gasteiger partial charge in [0.1, 0.15) is 128 Å². The molecule has 0 spiro atoms. The van der Waals surface area contributed by atoms with E-state index in [9.17, 15) is 102 Å². The summed E-state index contributed by atoms with van der Waals surface area (Å²) in [5, 5.41) is 221. The topological polar surface area (TPSA) is 551 Å². The van der Waals surface area contributed by atoms with E-state index in [0.29, 0.717) is 51.4 Å². The summed E-state index contributed by atoms with van der Waals surface area (Å²) in [6, 6.07) is 0. The van der Waals surface area contributed by atoms with E-state index in [1.54, 1.807) is 6.92 Å². The minimum absolute atomic E-state index is 0.141. The van der Waals surface area contributed by atoms with E-state index in [-0.39, 0.29) is 23.7 Å². The van der Waals surface area contributed by atoms with Crippen LogP contribution in [0.5, 0.6) is 0 Å². The summed E-state index contributed by atoms with van der Waals surface area (Å²) in [5.74, 6) is -1.57. The highest BCUT2D eigenvalue weighted by atomic mass is 16.8. The minimum atomic E-state index is -2.24. The maximum absolute atomic E-state index is 15.8. The molecule has 11 fully saturated rings. The van der Waals surface area contributed by atoms with E-state index in [2.05, 4.69) is 40.7 Å². The standard InChI is InChI=1S/C69H112O35/c1-26-37(77)41(81)43(83)56(94-26)99-49-32(76)22-91-55(45(49)85)98-48-27(2)95-58(47(87)51(48)101-61-53(88)69(90,24-73)25-93-61)102-52-38(78)31(75)21-92-60(52)104-62(89)68-15-13-63(3,4)17-29(68)28-9-10-36-64(5)18-30(74)54(65(6,23-72)35(64)11-12-67(36,8)66(28,7)14-16-68)103-59-46(86)50(40(80)34(20-71)97-59)100-57-44(84)42(82)39(79)33(19-70)96-57/h9,26-27,29-61,70-88,90H,10-25H2,1-8H3. The molecule has 0 bridgehead atoms. The molecule has 0 aromatic rings. The van der Waals surface area contributed by atoms with Crippen LogP contribution in [-0.4, -0.2) is 357 Å². The zero-order chi connectivity index (χ0) is 75.8. The van der Waals surface area contributed by atoms with Gasteiger partial charge in [0.2, 0.25) is 6.29 Å². The fourth-order valence-corrected chi connectivity index (χ4v) is 20.2. The zero-order valence-electron chi connectivity index (χ0n) is 59.7. The van der Waals surface area contributed by atoms with Gasteiger partial charge in [-0.1, -0.05) is 53.2 Å². The van der Waals surface area contributed by atoms with Gasteiger partial charge in [-0.15, -0.1) is 0 Å². The summed E-state index contributed by atoms with van der Waals surface area (Å²) >= 11 is 0. The van der Waals surface area contributed by atoms with Crippen LogP contribution in [-0.2, 0) is 71.1 Å². The first-order valence-electron chi connectivity index (χ1n) is 36.5. The molecule has 0 aromatic carbocycles. The third-order valence-corrected chi connectivity index (χ3v) is 26.7. The van der Waals surface area contributed by atoms with E-state index in [0.717, 1.165) is 5.57 Å². The quantitative estimate of drug-likeness (QED) is 0.0345. The lowest BCUT2D eigenvalue weighted by Crippen LogP contribution is -2.70. The van der Waals surface area contributed by atoms with Gasteiger partial charge in [-0.05, 0) is 111 Å². The van der Waals surface area contributed by atoms with E-state index in [4.69, 9.17) is 66.3 Å². The van der Waals surface area contributed by atoms with Crippen LogP contribution in [0.3, 0.4) is 0 Å². The molecule has 41 atom stereocenters. The van der Waals surface area contributed by atoms with Crippen LogP contribution in [0.2, 0.25) is 0 Å². The average Bonchev–Trinajstić information content (AvgIpc) is 0.696. The van der Waals surface area contributed by atoms with Gasteiger partial charge in [-0.2, -0.15) is 0 Å². The van der Waals surface area contributed by atoms with Crippen LogP contribution in [0, 0.1) is 50.2 Å². The van der Waals surface area contributed by atoms with Crippen LogP contribution >= 0.6 is 0 Å². The van der Waals surface area contributed by atoms with Crippen LogP contribution in [0.25, 0.3) is 0 Å². The van der Waals surface area contributed by atoms with Gasteiger partial charge < -0.3 is 168 Å². The molecule has 598 valence electrons. The van der Waals surface area contributed by atoms with Crippen LogP contribution in [0.15, 0.2) is 11.6 Å². The van der Waals surface area contributed by atoms with Crippen molar-refractivity contribution in [3.63, 3.8) is 0 Å². The third kappa shape index (κ3) is 13.8. The van der Waals surface area contributed by atoms with Gasteiger partial charge in [0, 0.05) is 5.41 Å². The Bertz CT molecular complexity index is 2970. The van der Waals surface area contributed by atoms with Crippen molar-refractivity contribution in [2.24, 2.45) is 50.2 Å². The molecular formula is C69H112O35. The lowest BCUT2D eigenvalue weighted by Gasteiger charge is -2.72. The highest BCUT2D eigenvalue weighted by Crippen LogP contribution is 2.76. The van der Waals surface area contributed by atoms with Gasteiger partial charge in [-0.25, -0.2) is 0 Å². The van der Waals surface area contributed by atoms with E-state index < -0.39 is 287 Å². The number of ether oxygens (including phenoxy) is 14. The Morgan fingerprint density at radius 3 is 1.68 bits per heavy atom. The van der Waals surface area contributed by atoms with Gasteiger partial charge in [0.05, 0.1) is 76.1 Å². The van der Waals surface area contributed by atoms with Crippen molar-refractivity contribution in [1.82, 2.24) is 0 Å². The predicted octanol–water partition coefficient (Wildman–Crippen LogP) is -6.65. The molecule has 0 radical (unpaired) electrons. The maximum atomic E-state index is 15.8. The predicted molar refractivity (Wildman–Crippen MR) is 343 cm³/mol. The maximum Gasteiger partial charge on any atom is 0.315 e. The number of carbonyl (C=O) groups excluding carboxylic acids is 1. The molecule has 7 heterocycles. The van der Waals surface area contributed by atoms with Gasteiger partial charge in [-0.3, -0.25) is 4.79 Å². The van der Waals surface area contributed by atoms with E-state index >= 15 is 4.79 Å². The Morgan fingerprint density at radius 1 is 0.481 bits per heavy atom. The van der Waals surface area contributed by atoms with Gasteiger partial charge in [0.25, 0.3) is 0 Å². The fourth-order valence-electron chi connectivity index (χ4n) is 20.2. The number of aliphatic hydroxyl groups is 20. The molecule has 5 aliphatic carbocycles. The molecule has 35 nitrogen and oxygen atoms in total. The molecule has 35 heteroatoms. The van der Waals surface area contributed by atoms with Gasteiger partial charge in [0.15, 0.2) is 43.8 Å². The number of allylic oxidation sites excluding steroid dienone is 2. The summed E-state index contributed by atoms with van der Waals surface area (Å²) < 4.78 is 84.1. The SMILES string of the molecule is CC1OC(OC2C(O)COC(OC3C(C)OC(OC4C(OC(=O)C56CCC(C)(C)CC5C5=CCC7C8(C)CC(O)C(OC9OC(CO)C(O)C(OC%10OC(CO)C(O)C(O)C%10O)C9O)C(C)(CO)C8CCC7(C)C5(C)CC6)OCC(O)C4O)C(O)C3OC3OCC(O)(CO)C3O)C2O)C(O)C(O)C1O. The van der Waals surface area contributed by atoms with Crippen molar-refractivity contribution in [2.45, 2.75) is 315 Å². The molecule has 12 aliphatic rings. The summed E-state index contributed by atoms with van der Waals surface area (Å²) in [7, 11) is 0. The monoisotopic (exact) mass is 1500 g/mol. The van der Waals surface area contributed by atoms with Crippen molar-refractivity contribution in [1.29, 1.82) is 0 Å². The van der Waals surface area contributed by atoms with Crippen molar-refractivity contribution in [3.05, 3.63) is 11.6 Å². The largest absolute Gasteiger partial charge is 0.432 e. The summed E-state index contributed by atoms with van der Waals surface area (Å²) in [5.41, 5.74) is -5.67. The number of hydrogen-bond donors (Lipinski definition) is 20. The van der Waals surface area contributed by atoms with Crippen molar-refractivity contribution in [2.75, 3.05) is 46.2 Å². The summed E-state index contributed by atoms with van der Waals surface area (Å²) in [6.45, 7) is 10.7. The normalized spacial score (nSPS) is 55.5. The molecule has 104 heavy (non-hydrogen) atoms. The first kappa shape index (κ1) is 81.4. The number of carbonyl (C=O) groups is 1. The molecule has 12 rings (SSSR count). The number of esters is 1. The smallest absolute Gasteiger partial charge is 0.315 e. The summed E-state index contributed by atoms with van der Waals surface area (Å²) in [6.07, 6.45) is -47.8. The lowest BCUT2D eigenvalue weighted by molar-refractivity contribution is -0.387. The van der Waals surface area contributed by atoms with E-state index in [1.807, 2.05) is 0 Å². The molecule has 0 amide bonds. The Labute approximate surface area is 600 Å². The highest BCUT2D eigenvalue weighted by molar-refractivity contribution is 5.79. The Morgan fingerprint density at radius 2 is 1.03 bits per heavy atom. The first-order valence-corrected chi connectivity index (χ1v) is 36.5. The van der Waals surface area contributed by atoms with Crippen LogP contribution < -0.4 is 0 Å². The molecule has 7 saturated heterocycles. The van der Waals surface area contributed by atoms with Gasteiger partial charge >= 0.3 is 5.97 Å². The Hall–Kier alpha value is -2.11.